The van der Waals surface area contributed by atoms with Gasteiger partial charge in [0, 0.05) is 29.5 Å². The summed E-state index contributed by atoms with van der Waals surface area (Å²) < 4.78 is 18.6. The van der Waals surface area contributed by atoms with Crippen molar-refractivity contribution in [3.63, 3.8) is 0 Å². The van der Waals surface area contributed by atoms with E-state index in [1.165, 1.54) is 48.5 Å². The Morgan fingerprint density at radius 2 is 1.91 bits per heavy atom. The van der Waals surface area contributed by atoms with Crippen molar-refractivity contribution in [2.75, 3.05) is 11.9 Å². The molecular weight excluding hydrogens is 453 g/mol. The predicted molar refractivity (Wildman–Crippen MR) is 119 cm³/mol. The molecule has 0 aliphatic carbocycles. The van der Waals surface area contributed by atoms with Crippen LogP contribution in [0, 0.1) is 15.9 Å². The summed E-state index contributed by atoms with van der Waals surface area (Å²) in [6, 6.07) is 14.1. The van der Waals surface area contributed by atoms with E-state index in [0.29, 0.717) is 28.8 Å². The number of nitrogens with one attached hydrogen (secondary N) is 1. The Bertz CT molecular complexity index is 1300. The van der Waals surface area contributed by atoms with Crippen molar-refractivity contribution in [3.05, 3.63) is 87.3 Å². The molecule has 2 aromatic carbocycles. The van der Waals surface area contributed by atoms with Gasteiger partial charge in [-0.15, -0.1) is 0 Å². The third-order valence-electron chi connectivity index (χ3n) is 4.54. The lowest BCUT2D eigenvalue weighted by atomic mass is 10.1. The van der Waals surface area contributed by atoms with E-state index >= 15 is 0 Å². The molecular formula is C22H14FN3O6S. The highest BCUT2D eigenvalue weighted by atomic mass is 32.2. The minimum Gasteiger partial charge on any atom is -0.457 e. The summed E-state index contributed by atoms with van der Waals surface area (Å²) >= 11 is 0.658. The van der Waals surface area contributed by atoms with E-state index in [4.69, 9.17) is 4.42 Å². The van der Waals surface area contributed by atoms with Gasteiger partial charge in [0.25, 0.3) is 16.8 Å². The van der Waals surface area contributed by atoms with Crippen LogP contribution in [0.5, 0.6) is 0 Å². The van der Waals surface area contributed by atoms with E-state index in [9.17, 15) is 28.9 Å². The summed E-state index contributed by atoms with van der Waals surface area (Å²) in [4.78, 5) is 48.4. The second-order valence-electron chi connectivity index (χ2n) is 6.83. The number of thioether (sulfide) groups is 1. The van der Waals surface area contributed by atoms with Crippen molar-refractivity contribution < 1.29 is 28.1 Å². The van der Waals surface area contributed by atoms with Crippen molar-refractivity contribution in [1.82, 2.24) is 4.90 Å². The molecule has 0 spiro atoms. The molecule has 1 fully saturated rings. The van der Waals surface area contributed by atoms with Gasteiger partial charge in [-0.1, -0.05) is 12.1 Å². The number of anilines is 1. The number of nitro benzene ring substituents is 1. The van der Waals surface area contributed by atoms with E-state index in [2.05, 4.69) is 5.32 Å². The lowest BCUT2D eigenvalue weighted by molar-refractivity contribution is -0.384. The van der Waals surface area contributed by atoms with Gasteiger partial charge in [-0.05, 0) is 48.2 Å². The summed E-state index contributed by atoms with van der Waals surface area (Å²) in [5.41, 5.74) is 0.716. The molecule has 1 aromatic heterocycles. The number of non-ortho nitro benzene ring substituents is 1. The van der Waals surface area contributed by atoms with Gasteiger partial charge in [-0.2, -0.15) is 0 Å². The second kappa shape index (κ2) is 9.09. The first-order chi connectivity index (χ1) is 15.8. The number of imide groups is 1. The summed E-state index contributed by atoms with van der Waals surface area (Å²) in [5, 5.41) is 12.8. The molecule has 0 unspecified atom stereocenters. The number of halogens is 1. The van der Waals surface area contributed by atoms with Gasteiger partial charge < -0.3 is 9.73 Å². The average molecular weight is 467 g/mol. The lowest BCUT2D eigenvalue weighted by Crippen LogP contribution is -2.36. The van der Waals surface area contributed by atoms with Crippen LogP contribution in [0.15, 0.2) is 70.0 Å². The van der Waals surface area contributed by atoms with E-state index < -0.39 is 34.3 Å². The van der Waals surface area contributed by atoms with Crippen molar-refractivity contribution in [1.29, 1.82) is 0 Å². The zero-order valence-electron chi connectivity index (χ0n) is 16.7. The van der Waals surface area contributed by atoms with Gasteiger partial charge in [-0.25, -0.2) is 4.39 Å². The summed E-state index contributed by atoms with van der Waals surface area (Å²) in [6.07, 6.45) is 1.36. The van der Waals surface area contributed by atoms with Crippen LogP contribution in [0.2, 0.25) is 0 Å². The largest absolute Gasteiger partial charge is 0.457 e. The third kappa shape index (κ3) is 4.99. The van der Waals surface area contributed by atoms with Gasteiger partial charge in [0.05, 0.1) is 9.83 Å². The van der Waals surface area contributed by atoms with Crippen LogP contribution in [0.1, 0.15) is 5.76 Å². The minimum absolute atomic E-state index is 0.0644. The van der Waals surface area contributed by atoms with Crippen LogP contribution < -0.4 is 5.32 Å². The highest BCUT2D eigenvalue weighted by Crippen LogP contribution is 2.33. The Kier molecular flexibility index (Phi) is 6.05. The van der Waals surface area contributed by atoms with E-state index in [1.54, 1.807) is 18.2 Å². The van der Waals surface area contributed by atoms with Crippen LogP contribution in [-0.4, -0.2) is 33.4 Å². The molecule has 3 aromatic rings. The number of amides is 3. The molecule has 33 heavy (non-hydrogen) atoms. The zero-order valence-corrected chi connectivity index (χ0v) is 17.5. The molecule has 1 aliphatic heterocycles. The van der Waals surface area contributed by atoms with Crippen LogP contribution in [0.3, 0.4) is 0 Å². The van der Waals surface area contributed by atoms with Crippen molar-refractivity contribution >= 4 is 46.3 Å². The second-order valence-corrected chi connectivity index (χ2v) is 7.83. The average Bonchev–Trinajstić information content (AvgIpc) is 3.36. The van der Waals surface area contributed by atoms with Crippen LogP contribution in [0.25, 0.3) is 17.4 Å². The predicted octanol–water partition coefficient (Wildman–Crippen LogP) is 4.67. The quantitative estimate of drug-likeness (QED) is 0.317. The van der Waals surface area contributed by atoms with E-state index in [-0.39, 0.29) is 16.4 Å². The lowest BCUT2D eigenvalue weighted by Gasteiger charge is -2.12. The Morgan fingerprint density at radius 3 is 2.64 bits per heavy atom. The van der Waals surface area contributed by atoms with Gasteiger partial charge >= 0.3 is 0 Å². The van der Waals surface area contributed by atoms with Crippen LogP contribution >= 0.6 is 11.8 Å². The van der Waals surface area contributed by atoms with E-state index in [1.807, 2.05) is 0 Å². The summed E-state index contributed by atoms with van der Waals surface area (Å²) in [6.45, 7) is -0.504. The number of benzene rings is 2. The zero-order chi connectivity index (χ0) is 23.5. The number of nitrogens with zero attached hydrogens (tertiary/aromatic N) is 2. The maximum Gasteiger partial charge on any atom is 0.294 e. The number of carbonyl (C=O) groups excluding carboxylic acids is 3. The molecule has 0 atom stereocenters. The summed E-state index contributed by atoms with van der Waals surface area (Å²) in [5.74, 6) is -1.13. The van der Waals surface area contributed by atoms with Gasteiger partial charge in [0.2, 0.25) is 5.91 Å². The molecule has 0 radical (unpaired) electrons. The minimum atomic E-state index is -0.660. The molecule has 9 nitrogen and oxygen atoms in total. The van der Waals surface area contributed by atoms with Crippen molar-refractivity contribution in [2.24, 2.45) is 0 Å². The maximum atomic E-state index is 13.0. The molecule has 1 aliphatic rings. The first kappa shape index (κ1) is 22.0. The fourth-order valence-electron chi connectivity index (χ4n) is 3.00. The van der Waals surface area contributed by atoms with Crippen molar-refractivity contribution in [2.45, 2.75) is 0 Å². The molecule has 11 heteroatoms. The summed E-state index contributed by atoms with van der Waals surface area (Å²) in [7, 11) is 0. The molecule has 1 N–H and O–H groups in total. The highest BCUT2D eigenvalue weighted by molar-refractivity contribution is 8.18. The monoisotopic (exact) mass is 467 g/mol. The Hall–Kier alpha value is -4.25. The molecule has 1 saturated heterocycles. The molecule has 166 valence electrons. The Balaban J connectivity index is 1.45. The maximum absolute atomic E-state index is 13.0. The van der Waals surface area contributed by atoms with Gasteiger partial charge in [-0.3, -0.25) is 29.4 Å². The smallest absolute Gasteiger partial charge is 0.294 e. The fraction of sp³-hybridized carbons (Fsp3) is 0.0455. The number of carbonyl (C=O) groups is 3. The molecule has 4 rings (SSSR count). The van der Waals surface area contributed by atoms with E-state index in [0.717, 1.165) is 4.90 Å². The highest BCUT2D eigenvalue weighted by Gasteiger charge is 2.36. The first-order valence-electron chi connectivity index (χ1n) is 9.45. The molecule has 2 heterocycles. The van der Waals surface area contributed by atoms with Crippen molar-refractivity contribution in [3.8, 4) is 11.3 Å². The normalized spacial score (nSPS) is 14.7. The number of nitro groups is 1. The fourth-order valence-corrected chi connectivity index (χ4v) is 3.82. The molecule has 3 amide bonds. The number of hydrogen-bond donors (Lipinski definition) is 1. The standard InChI is InChI=1S/C22H14FN3O6S/c23-14-4-6-15(7-5-14)24-20(27)12-25-21(28)19(33-22(25)29)11-17-8-9-18(32-17)13-2-1-3-16(10-13)26(30)31/h1-11H,12H2,(H,24,27)/b19-11-. The number of furan rings is 1. The van der Waals surface area contributed by atoms with Crippen LogP contribution in [-0.2, 0) is 9.59 Å². The topological polar surface area (TPSA) is 123 Å². The molecule has 0 bridgehead atoms. The van der Waals surface area contributed by atoms with Gasteiger partial charge in [0.15, 0.2) is 0 Å². The number of rotatable bonds is 6. The first-order valence-corrected chi connectivity index (χ1v) is 10.3. The van der Waals surface area contributed by atoms with Gasteiger partial charge in [0.1, 0.15) is 23.9 Å². The van der Waals surface area contributed by atoms with Crippen LogP contribution in [0.4, 0.5) is 20.6 Å². The number of hydrogen-bond acceptors (Lipinski definition) is 7. The SMILES string of the molecule is O=C(CN1C(=O)S/C(=C\c2ccc(-c3cccc([N+](=O)[O-])c3)o2)C1=O)Nc1ccc(F)cc1. The Morgan fingerprint density at radius 1 is 1.15 bits per heavy atom. The third-order valence-corrected chi connectivity index (χ3v) is 5.45. The Labute approximate surface area is 190 Å². The molecule has 0 saturated carbocycles.